The molecule has 0 aliphatic carbocycles. The van der Waals surface area contributed by atoms with Crippen molar-refractivity contribution in [3.8, 4) is 0 Å². The molecule has 0 saturated heterocycles. The predicted octanol–water partition coefficient (Wildman–Crippen LogP) is 2.38. The Morgan fingerprint density at radius 2 is 2.08 bits per heavy atom. The summed E-state index contributed by atoms with van der Waals surface area (Å²) in [5, 5.41) is 12.1. The van der Waals surface area contributed by atoms with E-state index in [2.05, 4.69) is 35.1 Å². The van der Waals surface area contributed by atoms with E-state index in [0.29, 0.717) is 5.82 Å². The third-order valence-electron chi connectivity index (χ3n) is 3.83. The number of anilines is 3. The first-order valence-corrected chi connectivity index (χ1v) is 8.50. The quantitative estimate of drug-likeness (QED) is 0.733. The smallest absolute Gasteiger partial charge is 0.350 e. The van der Waals surface area contributed by atoms with Crippen LogP contribution in [0.25, 0.3) is 0 Å². The van der Waals surface area contributed by atoms with Crippen molar-refractivity contribution < 1.29 is 9.90 Å². The first-order chi connectivity index (χ1) is 11.5. The Kier molecular flexibility index (Phi) is 4.48. The molecule has 1 aromatic heterocycles. The van der Waals surface area contributed by atoms with E-state index in [1.807, 2.05) is 12.1 Å². The summed E-state index contributed by atoms with van der Waals surface area (Å²) in [6.45, 7) is 5.64. The summed E-state index contributed by atoms with van der Waals surface area (Å²) in [5.74, 6) is -0.604. The Bertz CT molecular complexity index is 846. The highest BCUT2D eigenvalue weighted by atomic mass is 32.2. The number of fused-ring (bicyclic) bond motifs is 2. The molecule has 0 fully saturated rings. The number of nitrogens with one attached hydrogen (secondary N) is 1. The van der Waals surface area contributed by atoms with Gasteiger partial charge in [-0.25, -0.2) is 4.79 Å². The van der Waals surface area contributed by atoms with E-state index in [4.69, 9.17) is 5.11 Å². The average molecular weight is 346 g/mol. The summed E-state index contributed by atoms with van der Waals surface area (Å²) in [7, 11) is 0. The second-order valence-electron chi connectivity index (χ2n) is 5.34. The molecule has 0 radical (unpaired) electrons. The number of carboxylic acid groups (broad SMARTS) is 1. The second kappa shape index (κ2) is 6.56. The SMILES string of the molecule is CCN(CC)c1ccc2c(c1)Nc1nc(=O)n(CC(=O)O)cc1S2. The monoisotopic (exact) mass is 346 g/mol. The lowest BCUT2D eigenvalue weighted by Crippen LogP contribution is -2.27. The number of carbonyl (C=O) groups is 1. The molecule has 0 amide bonds. The molecule has 3 rings (SSSR count). The molecule has 126 valence electrons. The third-order valence-corrected chi connectivity index (χ3v) is 4.92. The second-order valence-corrected chi connectivity index (χ2v) is 6.42. The van der Waals surface area contributed by atoms with E-state index >= 15 is 0 Å². The normalized spacial score (nSPS) is 12.1. The Morgan fingerprint density at radius 3 is 2.75 bits per heavy atom. The number of nitrogens with zero attached hydrogens (tertiary/aromatic N) is 3. The van der Waals surface area contributed by atoms with Crippen LogP contribution in [0.4, 0.5) is 17.2 Å². The van der Waals surface area contributed by atoms with E-state index in [1.54, 1.807) is 0 Å². The summed E-state index contributed by atoms with van der Waals surface area (Å²) in [4.78, 5) is 30.7. The topological polar surface area (TPSA) is 87.5 Å². The van der Waals surface area contributed by atoms with Gasteiger partial charge in [0.15, 0.2) is 5.82 Å². The van der Waals surface area contributed by atoms with Gasteiger partial charge >= 0.3 is 11.7 Å². The molecule has 0 unspecified atom stereocenters. The minimum absolute atomic E-state index is 0.395. The van der Waals surface area contributed by atoms with Gasteiger partial charge in [-0.1, -0.05) is 11.8 Å². The van der Waals surface area contributed by atoms with Crippen molar-refractivity contribution >= 4 is 34.9 Å². The van der Waals surface area contributed by atoms with Crippen LogP contribution in [0.1, 0.15) is 13.8 Å². The van der Waals surface area contributed by atoms with Crippen molar-refractivity contribution in [3.05, 3.63) is 34.9 Å². The Hall–Kier alpha value is -2.48. The van der Waals surface area contributed by atoms with Gasteiger partial charge in [0, 0.05) is 29.9 Å². The largest absolute Gasteiger partial charge is 0.480 e. The van der Waals surface area contributed by atoms with Crippen LogP contribution in [0.2, 0.25) is 0 Å². The number of benzene rings is 1. The molecular weight excluding hydrogens is 328 g/mol. The molecule has 2 N–H and O–H groups in total. The van der Waals surface area contributed by atoms with Gasteiger partial charge in [-0.05, 0) is 32.0 Å². The number of rotatable bonds is 5. The Labute approximate surface area is 143 Å². The van der Waals surface area contributed by atoms with E-state index in [-0.39, 0.29) is 0 Å². The summed E-state index contributed by atoms with van der Waals surface area (Å²) in [5.41, 5.74) is 1.43. The molecular formula is C16H18N4O3S. The van der Waals surface area contributed by atoms with Crippen LogP contribution >= 0.6 is 11.8 Å². The maximum Gasteiger partial charge on any atom is 0.350 e. The average Bonchev–Trinajstić information content (AvgIpc) is 2.54. The van der Waals surface area contributed by atoms with Crippen molar-refractivity contribution in [1.29, 1.82) is 0 Å². The van der Waals surface area contributed by atoms with Crippen LogP contribution in [0, 0.1) is 0 Å². The first-order valence-electron chi connectivity index (χ1n) is 7.69. The first kappa shape index (κ1) is 16.4. The van der Waals surface area contributed by atoms with Crippen LogP contribution in [0.5, 0.6) is 0 Å². The van der Waals surface area contributed by atoms with Crippen LogP contribution in [0.3, 0.4) is 0 Å². The lowest BCUT2D eigenvalue weighted by Gasteiger charge is -2.25. The zero-order valence-corrected chi connectivity index (χ0v) is 14.3. The van der Waals surface area contributed by atoms with Crippen molar-refractivity contribution in [2.45, 2.75) is 30.2 Å². The highest BCUT2D eigenvalue weighted by Crippen LogP contribution is 2.43. The zero-order chi connectivity index (χ0) is 17.3. The Morgan fingerprint density at radius 1 is 1.33 bits per heavy atom. The van der Waals surface area contributed by atoms with Gasteiger partial charge in [0.05, 0.1) is 10.6 Å². The van der Waals surface area contributed by atoms with Gasteiger partial charge in [-0.15, -0.1) is 0 Å². The number of aromatic nitrogens is 2. The van der Waals surface area contributed by atoms with Crippen LogP contribution in [-0.4, -0.2) is 33.7 Å². The van der Waals surface area contributed by atoms with Crippen molar-refractivity contribution in [2.75, 3.05) is 23.3 Å². The fraction of sp³-hybridized carbons (Fsp3) is 0.312. The third kappa shape index (κ3) is 3.09. The van der Waals surface area contributed by atoms with Crippen LogP contribution in [0.15, 0.2) is 39.0 Å². The van der Waals surface area contributed by atoms with Crippen LogP contribution < -0.4 is 15.9 Å². The molecule has 7 nitrogen and oxygen atoms in total. The van der Waals surface area contributed by atoms with Crippen molar-refractivity contribution in [3.63, 3.8) is 0 Å². The molecule has 8 heteroatoms. The number of hydrogen-bond acceptors (Lipinski definition) is 6. The summed E-state index contributed by atoms with van der Waals surface area (Å²) < 4.78 is 1.10. The molecule has 2 heterocycles. The number of aliphatic carboxylic acids is 1. The minimum Gasteiger partial charge on any atom is -0.480 e. The molecule has 1 aliphatic heterocycles. The maximum absolute atomic E-state index is 11.9. The molecule has 0 saturated carbocycles. The lowest BCUT2D eigenvalue weighted by atomic mass is 10.2. The zero-order valence-electron chi connectivity index (χ0n) is 13.4. The van der Waals surface area contributed by atoms with Gasteiger partial charge in [0.1, 0.15) is 6.54 Å². The molecule has 24 heavy (non-hydrogen) atoms. The standard InChI is InChI=1S/C16H18N4O3S/c1-3-19(4-2)10-5-6-12-11(7-10)17-15-13(24-12)8-20(9-14(21)22)16(23)18-15/h5-8H,3-4,9H2,1-2H3,(H,21,22)(H,17,18,23). The molecule has 0 atom stereocenters. The predicted molar refractivity (Wildman–Crippen MR) is 93.5 cm³/mol. The van der Waals surface area contributed by atoms with Crippen LogP contribution in [-0.2, 0) is 11.3 Å². The van der Waals surface area contributed by atoms with Gasteiger partial charge in [0.25, 0.3) is 0 Å². The fourth-order valence-corrected chi connectivity index (χ4v) is 3.60. The van der Waals surface area contributed by atoms with E-state index in [9.17, 15) is 9.59 Å². The highest BCUT2D eigenvalue weighted by molar-refractivity contribution is 7.99. The van der Waals surface area contributed by atoms with E-state index in [0.717, 1.165) is 38.8 Å². The van der Waals surface area contributed by atoms with Crippen molar-refractivity contribution in [2.24, 2.45) is 0 Å². The van der Waals surface area contributed by atoms with Gasteiger partial charge in [-0.3, -0.25) is 9.36 Å². The molecule has 1 aliphatic rings. The minimum atomic E-state index is -1.07. The molecule has 0 bridgehead atoms. The highest BCUT2D eigenvalue weighted by Gasteiger charge is 2.20. The summed E-state index contributed by atoms with van der Waals surface area (Å²) >= 11 is 1.47. The lowest BCUT2D eigenvalue weighted by molar-refractivity contribution is -0.137. The molecule has 1 aromatic carbocycles. The van der Waals surface area contributed by atoms with Crippen molar-refractivity contribution in [1.82, 2.24) is 9.55 Å². The molecule has 0 spiro atoms. The van der Waals surface area contributed by atoms with Gasteiger partial charge in [-0.2, -0.15) is 4.98 Å². The number of carboxylic acids is 1. The fourth-order valence-electron chi connectivity index (χ4n) is 2.63. The van der Waals surface area contributed by atoms with E-state index in [1.165, 1.54) is 18.0 Å². The van der Waals surface area contributed by atoms with Gasteiger partial charge in [0.2, 0.25) is 0 Å². The Balaban J connectivity index is 1.95. The summed E-state index contributed by atoms with van der Waals surface area (Å²) in [6.07, 6.45) is 1.54. The molecule has 2 aromatic rings. The number of hydrogen-bond donors (Lipinski definition) is 2. The summed E-state index contributed by atoms with van der Waals surface area (Å²) in [6, 6.07) is 6.13. The van der Waals surface area contributed by atoms with E-state index < -0.39 is 18.2 Å². The van der Waals surface area contributed by atoms with Gasteiger partial charge < -0.3 is 15.3 Å². The maximum atomic E-state index is 11.9.